The van der Waals surface area contributed by atoms with Crippen LogP contribution in [0.15, 0.2) is 53.5 Å². The lowest BCUT2D eigenvalue weighted by Gasteiger charge is -2.12. The summed E-state index contributed by atoms with van der Waals surface area (Å²) in [6, 6.07) is 15.2. The first-order chi connectivity index (χ1) is 12.6. The highest BCUT2D eigenvalue weighted by Crippen LogP contribution is 2.11. The van der Waals surface area contributed by atoms with Crippen LogP contribution < -0.4 is 16.0 Å². The number of nitrogens with one attached hydrogen (secondary N) is 3. The Morgan fingerprint density at radius 1 is 0.962 bits per heavy atom. The van der Waals surface area contributed by atoms with Gasteiger partial charge in [-0.3, -0.25) is 4.79 Å². The molecule has 3 N–H and O–H groups in total. The van der Waals surface area contributed by atoms with Gasteiger partial charge in [-0.2, -0.15) is 0 Å². The van der Waals surface area contributed by atoms with E-state index < -0.39 is 0 Å². The standard InChI is InChI=1S/C20H25ClN4O/c1-3-22-19(26)17-10-8-15(9-11-17)13-24-20(23-4-2)25-14-16-6-5-7-18(21)12-16/h5-12H,3-4,13-14H2,1-2H3,(H,22,26)(H2,23,24,25). The van der Waals surface area contributed by atoms with E-state index in [9.17, 15) is 4.79 Å². The molecule has 0 saturated carbocycles. The number of guanidine groups is 1. The van der Waals surface area contributed by atoms with Crippen molar-refractivity contribution in [3.8, 4) is 0 Å². The topological polar surface area (TPSA) is 65.5 Å². The quantitative estimate of drug-likeness (QED) is 0.516. The summed E-state index contributed by atoms with van der Waals surface area (Å²) in [6.45, 7) is 6.50. The lowest BCUT2D eigenvalue weighted by molar-refractivity contribution is 0.0956. The average molecular weight is 373 g/mol. The summed E-state index contributed by atoms with van der Waals surface area (Å²) in [4.78, 5) is 16.4. The van der Waals surface area contributed by atoms with E-state index in [1.807, 2.05) is 62.4 Å². The predicted octanol–water partition coefficient (Wildman–Crippen LogP) is 3.35. The van der Waals surface area contributed by atoms with E-state index in [1.54, 1.807) is 0 Å². The normalized spacial score (nSPS) is 11.1. The highest BCUT2D eigenvalue weighted by Gasteiger charge is 2.04. The van der Waals surface area contributed by atoms with Crippen molar-refractivity contribution in [2.24, 2.45) is 4.99 Å². The highest BCUT2D eigenvalue weighted by atomic mass is 35.5. The Hall–Kier alpha value is -2.53. The first-order valence-corrected chi connectivity index (χ1v) is 9.14. The number of carbonyl (C=O) groups excluding carboxylic acids is 1. The molecule has 0 aliphatic carbocycles. The Kier molecular flexibility index (Phi) is 7.96. The summed E-state index contributed by atoms with van der Waals surface area (Å²) < 4.78 is 0. The first-order valence-electron chi connectivity index (χ1n) is 8.76. The van der Waals surface area contributed by atoms with Crippen LogP contribution >= 0.6 is 11.6 Å². The van der Waals surface area contributed by atoms with Gasteiger partial charge in [0, 0.05) is 30.2 Å². The molecule has 0 fully saturated rings. The largest absolute Gasteiger partial charge is 0.357 e. The maximum absolute atomic E-state index is 11.8. The molecule has 1 amide bonds. The lowest BCUT2D eigenvalue weighted by Crippen LogP contribution is -2.36. The summed E-state index contributed by atoms with van der Waals surface area (Å²) in [5, 5.41) is 10.0. The molecule has 0 radical (unpaired) electrons. The molecule has 0 aromatic heterocycles. The van der Waals surface area contributed by atoms with Gasteiger partial charge in [-0.05, 0) is 49.2 Å². The summed E-state index contributed by atoms with van der Waals surface area (Å²) in [5.74, 6) is 0.684. The van der Waals surface area contributed by atoms with Crippen LogP contribution in [0.1, 0.15) is 35.3 Å². The van der Waals surface area contributed by atoms with Gasteiger partial charge in [0.1, 0.15) is 0 Å². The third-order valence-electron chi connectivity index (χ3n) is 3.67. The van der Waals surface area contributed by atoms with Crippen LogP contribution in [0.3, 0.4) is 0 Å². The van der Waals surface area contributed by atoms with Crippen molar-refractivity contribution in [1.82, 2.24) is 16.0 Å². The number of carbonyl (C=O) groups is 1. The fourth-order valence-electron chi connectivity index (χ4n) is 2.37. The van der Waals surface area contributed by atoms with E-state index in [0.717, 1.165) is 23.6 Å². The van der Waals surface area contributed by atoms with Crippen LogP contribution in [0.5, 0.6) is 0 Å². The highest BCUT2D eigenvalue weighted by molar-refractivity contribution is 6.30. The van der Waals surface area contributed by atoms with Crippen molar-refractivity contribution in [1.29, 1.82) is 0 Å². The molecule has 0 aliphatic rings. The fraction of sp³-hybridized carbons (Fsp3) is 0.300. The van der Waals surface area contributed by atoms with E-state index in [1.165, 1.54) is 0 Å². The lowest BCUT2D eigenvalue weighted by atomic mass is 10.1. The molecule has 0 aliphatic heterocycles. The molecule has 5 nitrogen and oxygen atoms in total. The van der Waals surface area contributed by atoms with Crippen molar-refractivity contribution in [3.05, 3.63) is 70.2 Å². The van der Waals surface area contributed by atoms with Gasteiger partial charge in [0.05, 0.1) is 6.54 Å². The van der Waals surface area contributed by atoms with Gasteiger partial charge in [-0.25, -0.2) is 4.99 Å². The molecular formula is C20H25ClN4O. The number of benzene rings is 2. The summed E-state index contributed by atoms with van der Waals surface area (Å²) in [6.07, 6.45) is 0. The Labute approximate surface area is 159 Å². The average Bonchev–Trinajstić information content (AvgIpc) is 2.65. The second-order valence-corrected chi connectivity index (χ2v) is 6.17. The number of nitrogens with zero attached hydrogens (tertiary/aromatic N) is 1. The van der Waals surface area contributed by atoms with Gasteiger partial charge in [-0.1, -0.05) is 35.9 Å². The minimum atomic E-state index is -0.0524. The van der Waals surface area contributed by atoms with Gasteiger partial charge in [0.15, 0.2) is 5.96 Å². The second kappa shape index (κ2) is 10.5. The first kappa shape index (κ1) is 19.8. The van der Waals surface area contributed by atoms with E-state index >= 15 is 0 Å². The van der Waals surface area contributed by atoms with E-state index in [4.69, 9.17) is 11.6 Å². The fourth-order valence-corrected chi connectivity index (χ4v) is 2.58. The maximum Gasteiger partial charge on any atom is 0.251 e. The maximum atomic E-state index is 11.8. The number of hydrogen-bond donors (Lipinski definition) is 3. The Morgan fingerprint density at radius 3 is 2.35 bits per heavy atom. The molecule has 0 atom stereocenters. The molecular weight excluding hydrogens is 348 g/mol. The van der Waals surface area contributed by atoms with E-state index in [0.29, 0.717) is 30.2 Å². The Balaban J connectivity index is 1.95. The molecule has 2 aromatic rings. The molecule has 26 heavy (non-hydrogen) atoms. The zero-order valence-corrected chi connectivity index (χ0v) is 15.9. The van der Waals surface area contributed by atoms with Crippen molar-refractivity contribution in [2.45, 2.75) is 26.9 Å². The van der Waals surface area contributed by atoms with E-state index in [-0.39, 0.29) is 5.91 Å². The van der Waals surface area contributed by atoms with Gasteiger partial charge in [0.25, 0.3) is 5.91 Å². The number of amides is 1. The van der Waals surface area contributed by atoms with Gasteiger partial charge >= 0.3 is 0 Å². The van der Waals surface area contributed by atoms with Crippen LogP contribution in [-0.2, 0) is 13.1 Å². The number of rotatable bonds is 7. The molecule has 0 bridgehead atoms. The van der Waals surface area contributed by atoms with Crippen LogP contribution in [0.25, 0.3) is 0 Å². The molecule has 2 aromatic carbocycles. The zero-order chi connectivity index (χ0) is 18.8. The Bertz CT molecular complexity index is 744. The minimum Gasteiger partial charge on any atom is -0.357 e. The van der Waals surface area contributed by atoms with Crippen LogP contribution in [0.2, 0.25) is 5.02 Å². The molecule has 2 rings (SSSR count). The number of aliphatic imine (C=N–C) groups is 1. The summed E-state index contributed by atoms with van der Waals surface area (Å²) >= 11 is 6.01. The second-order valence-electron chi connectivity index (χ2n) is 5.74. The molecule has 6 heteroatoms. The number of hydrogen-bond acceptors (Lipinski definition) is 2. The molecule has 0 heterocycles. The molecule has 0 saturated heterocycles. The van der Waals surface area contributed by atoms with Crippen LogP contribution in [0, 0.1) is 0 Å². The van der Waals surface area contributed by atoms with Gasteiger partial charge < -0.3 is 16.0 Å². The van der Waals surface area contributed by atoms with Gasteiger partial charge in [0.2, 0.25) is 0 Å². The van der Waals surface area contributed by atoms with Crippen molar-refractivity contribution < 1.29 is 4.79 Å². The Morgan fingerprint density at radius 2 is 1.69 bits per heavy atom. The molecule has 0 spiro atoms. The molecule has 138 valence electrons. The van der Waals surface area contributed by atoms with Crippen LogP contribution in [-0.4, -0.2) is 25.0 Å². The predicted molar refractivity (Wildman–Crippen MR) is 108 cm³/mol. The van der Waals surface area contributed by atoms with E-state index in [2.05, 4.69) is 20.9 Å². The smallest absolute Gasteiger partial charge is 0.251 e. The third kappa shape index (κ3) is 6.41. The van der Waals surface area contributed by atoms with Crippen molar-refractivity contribution in [2.75, 3.05) is 13.1 Å². The van der Waals surface area contributed by atoms with Gasteiger partial charge in [-0.15, -0.1) is 0 Å². The summed E-state index contributed by atoms with van der Waals surface area (Å²) in [5.41, 5.74) is 2.80. The third-order valence-corrected chi connectivity index (χ3v) is 3.90. The molecule has 0 unspecified atom stereocenters. The van der Waals surface area contributed by atoms with Crippen molar-refractivity contribution in [3.63, 3.8) is 0 Å². The van der Waals surface area contributed by atoms with Crippen LogP contribution in [0.4, 0.5) is 0 Å². The van der Waals surface area contributed by atoms with Crippen molar-refractivity contribution >= 4 is 23.5 Å². The summed E-state index contributed by atoms with van der Waals surface area (Å²) in [7, 11) is 0. The number of halogens is 1. The minimum absolute atomic E-state index is 0.0524. The monoisotopic (exact) mass is 372 g/mol. The zero-order valence-electron chi connectivity index (χ0n) is 15.2. The SMILES string of the molecule is CCNC(=O)c1ccc(CNC(=NCc2cccc(Cl)c2)NCC)cc1.